The van der Waals surface area contributed by atoms with Crippen LogP contribution < -0.4 is 15.4 Å². The summed E-state index contributed by atoms with van der Waals surface area (Å²) in [6.45, 7) is 4.89. The van der Waals surface area contributed by atoms with E-state index < -0.39 is 0 Å². The highest BCUT2D eigenvalue weighted by Crippen LogP contribution is 2.24. The Kier molecular flexibility index (Phi) is 7.28. The van der Waals surface area contributed by atoms with Crippen LogP contribution in [-0.2, 0) is 11.2 Å². The molecule has 0 aromatic heterocycles. The lowest BCUT2D eigenvalue weighted by Gasteiger charge is -2.14. The third-order valence-electron chi connectivity index (χ3n) is 4.69. The molecule has 0 atom stereocenters. The number of benzene rings is 3. The first-order chi connectivity index (χ1) is 14.1. The van der Waals surface area contributed by atoms with E-state index in [0.29, 0.717) is 18.0 Å². The second kappa shape index (κ2) is 10.3. The van der Waals surface area contributed by atoms with Gasteiger partial charge >= 0.3 is 0 Å². The summed E-state index contributed by atoms with van der Waals surface area (Å²) in [5.41, 5.74) is 5.29. The zero-order valence-corrected chi connectivity index (χ0v) is 17.1. The molecule has 0 aliphatic heterocycles. The summed E-state index contributed by atoms with van der Waals surface area (Å²) in [6, 6.07) is 24.0. The van der Waals surface area contributed by atoms with Crippen molar-refractivity contribution >= 4 is 17.3 Å². The molecule has 3 rings (SSSR count). The second-order valence-corrected chi connectivity index (χ2v) is 7.15. The summed E-state index contributed by atoms with van der Waals surface area (Å²) in [6.07, 6.45) is 1.88. The largest absolute Gasteiger partial charge is 0.491 e. The van der Waals surface area contributed by atoms with Gasteiger partial charge in [-0.15, -0.1) is 0 Å². The lowest BCUT2D eigenvalue weighted by molar-refractivity contribution is -0.114. The van der Waals surface area contributed by atoms with Crippen LogP contribution in [0.15, 0.2) is 72.8 Å². The van der Waals surface area contributed by atoms with Crippen molar-refractivity contribution in [1.82, 2.24) is 0 Å². The Morgan fingerprint density at radius 1 is 0.897 bits per heavy atom. The zero-order chi connectivity index (χ0) is 20.5. The molecular weight excluding hydrogens is 360 g/mol. The molecule has 2 N–H and O–H groups in total. The summed E-state index contributed by atoms with van der Waals surface area (Å²) in [4.78, 5) is 12.4. The van der Waals surface area contributed by atoms with Crippen molar-refractivity contribution < 1.29 is 9.53 Å². The minimum atomic E-state index is -0.106. The number of anilines is 2. The van der Waals surface area contributed by atoms with E-state index in [0.717, 1.165) is 24.1 Å². The van der Waals surface area contributed by atoms with Crippen molar-refractivity contribution in [3.8, 4) is 5.75 Å². The molecule has 0 heterocycles. The Balaban J connectivity index is 1.49. The summed E-state index contributed by atoms with van der Waals surface area (Å²) >= 11 is 0. The van der Waals surface area contributed by atoms with Gasteiger partial charge in [-0.3, -0.25) is 4.79 Å². The van der Waals surface area contributed by atoms with Crippen molar-refractivity contribution in [2.45, 2.75) is 26.7 Å². The number of carbonyl (C=O) groups excluding carboxylic acids is 1. The molecule has 0 unspecified atom stereocenters. The van der Waals surface area contributed by atoms with E-state index in [1.165, 1.54) is 11.1 Å². The van der Waals surface area contributed by atoms with Gasteiger partial charge < -0.3 is 15.4 Å². The maximum Gasteiger partial charge on any atom is 0.243 e. The molecule has 4 heteroatoms. The zero-order valence-electron chi connectivity index (χ0n) is 17.1. The smallest absolute Gasteiger partial charge is 0.243 e. The molecule has 0 radical (unpaired) electrons. The molecule has 0 bridgehead atoms. The predicted octanol–water partition coefficient (Wildman–Crippen LogP) is 5.37. The molecule has 0 saturated heterocycles. The Labute approximate surface area is 172 Å². The van der Waals surface area contributed by atoms with Gasteiger partial charge in [0, 0.05) is 5.69 Å². The third kappa shape index (κ3) is 6.39. The molecule has 0 spiro atoms. The maximum atomic E-state index is 12.4. The number of rotatable bonds is 9. The topological polar surface area (TPSA) is 50.4 Å². The average molecular weight is 389 g/mol. The number of amides is 1. The van der Waals surface area contributed by atoms with Gasteiger partial charge in [0.25, 0.3) is 0 Å². The maximum absolute atomic E-state index is 12.4. The van der Waals surface area contributed by atoms with Gasteiger partial charge in [-0.25, -0.2) is 0 Å². The minimum Gasteiger partial charge on any atom is -0.491 e. The fourth-order valence-electron chi connectivity index (χ4n) is 3.18. The van der Waals surface area contributed by atoms with Crippen LogP contribution in [0.3, 0.4) is 0 Å². The van der Waals surface area contributed by atoms with Crippen molar-refractivity contribution in [3.05, 3.63) is 89.5 Å². The fourth-order valence-corrected chi connectivity index (χ4v) is 3.18. The number of carbonyl (C=O) groups is 1. The average Bonchev–Trinajstić information content (AvgIpc) is 2.72. The van der Waals surface area contributed by atoms with Crippen LogP contribution in [0.25, 0.3) is 0 Å². The fraction of sp³-hybridized carbons (Fsp3) is 0.240. The summed E-state index contributed by atoms with van der Waals surface area (Å²) in [5, 5.41) is 6.14. The van der Waals surface area contributed by atoms with Crippen LogP contribution in [0.1, 0.15) is 23.1 Å². The molecule has 3 aromatic rings. The van der Waals surface area contributed by atoms with Gasteiger partial charge in [0.15, 0.2) is 0 Å². The monoisotopic (exact) mass is 388 g/mol. The van der Waals surface area contributed by atoms with E-state index in [1.54, 1.807) is 0 Å². The van der Waals surface area contributed by atoms with E-state index in [4.69, 9.17) is 4.74 Å². The van der Waals surface area contributed by atoms with E-state index in [-0.39, 0.29) is 12.5 Å². The first-order valence-electron chi connectivity index (χ1n) is 9.98. The van der Waals surface area contributed by atoms with E-state index >= 15 is 0 Å². The molecule has 0 aliphatic rings. The number of nitrogens with one attached hydrogen (secondary N) is 2. The van der Waals surface area contributed by atoms with Crippen molar-refractivity contribution in [3.63, 3.8) is 0 Å². The summed E-state index contributed by atoms with van der Waals surface area (Å²) in [5.74, 6) is 0.589. The van der Waals surface area contributed by atoms with Crippen LogP contribution in [0.2, 0.25) is 0 Å². The normalized spacial score (nSPS) is 10.4. The van der Waals surface area contributed by atoms with Crippen molar-refractivity contribution in [1.29, 1.82) is 0 Å². The quantitative estimate of drug-likeness (QED) is 0.485. The number of hydrogen-bond acceptors (Lipinski definition) is 3. The molecule has 4 nitrogen and oxygen atoms in total. The Morgan fingerprint density at radius 2 is 1.66 bits per heavy atom. The number of ether oxygens (including phenoxy) is 1. The van der Waals surface area contributed by atoms with Crippen LogP contribution in [-0.4, -0.2) is 19.1 Å². The molecule has 1 amide bonds. The first-order valence-corrected chi connectivity index (χ1v) is 9.98. The Bertz CT molecular complexity index is 939. The molecule has 29 heavy (non-hydrogen) atoms. The van der Waals surface area contributed by atoms with E-state index in [9.17, 15) is 4.79 Å². The number of hydrogen-bond donors (Lipinski definition) is 2. The third-order valence-corrected chi connectivity index (χ3v) is 4.69. The second-order valence-electron chi connectivity index (χ2n) is 7.15. The molecule has 0 aliphatic carbocycles. The first kappa shape index (κ1) is 20.5. The van der Waals surface area contributed by atoms with Crippen molar-refractivity contribution in [2.75, 3.05) is 23.8 Å². The lowest BCUT2D eigenvalue weighted by Crippen LogP contribution is -2.22. The van der Waals surface area contributed by atoms with Crippen LogP contribution in [0, 0.1) is 13.8 Å². The minimum absolute atomic E-state index is 0.106. The number of para-hydroxylation sites is 2. The summed E-state index contributed by atoms with van der Waals surface area (Å²) in [7, 11) is 0. The van der Waals surface area contributed by atoms with Gasteiger partial charge in [0.05, 0.1) is 18.8 Å². The molecule has 3 aromatic carbocycles. The van der Waals surface area contributed by atoms with Gasteiger partial charge in [-0.1, -0.05) is 60.2 Å². The van der Waals surface area contributed by atoms with Gasteiger partial charge in [0.1, 0.15) is 5.75 Å². The van der Waals surface area contributed by atoms with Gasteiger partial charge in [-0.05, 0) is 56.0 Å². The van der Waals surface area contributed by atoms with E-state index in [1.807, 2.05) is 61.5 Å². The van der Waals surface area contributed by atoms with Crippen LogP contribution >= 0.6 is 0 Å². The summed E-state index contributed by atoms with van der Waals surface area (Å²) < 4.78 is 5.92. The van der Waals surface area contributed by atoms with Crippen LogP contribution in [0.5, 0.6) is 5.75 Å². The van der Waals surface area contributed by atoms with Crippen molar-refractivity contribution in [2.24, 2.45) is 0 Å². The molecular formula is C25H28N2O2. The van der Waals surface area contributed by atoms with Gasteiger partial charge in [-0.2, -0.15) is 0 Å². The lowest BCUT2D eigenvalue weighted by atomic mass is 10.1. The highest BCUT2D eigenvalue weighted by Gasteiger charge is 2.08. The van der Waals surface area contributed by atoms with E-state index in [2.05, 4.69) is 35.8 Å². The Hall–Kier alpha value is -3.27. The van der Waals surface area contributed by atoms with Gasteiger partial charge in [0.2, 0.25) is 5.91 Å². The highest BCUT2D eigenvalue weighted by molar-refractivity contribution is 5.95. The SMILES string of the molecule is Cc1ccc(NCC(=O)Nc2ccccc2OCCCc2ccccc2)c(C)c1. The predicted molar refractivity (Wildman–Crippen MR) is 120 cm³/mol. The Morgan fingerprint density at radius 3 is 2.45 bits per heavy atom. The molecule has 0 saturated carbocycles. The standard InChI is InChI=1S/C25H28N2O2/c1-19-14-15-22(20(2)17-19)26-18-25(28)27-23-12-6-7-13-24(23)29-16-8-11-21-9-4-3-5-10-21/h3-7,9-10,12-15,17,26H,8,11,16,18H2,1-2H3,(H,27,28). The number of aryl methyl sites for hydroxylation is 3. The van der Waals surface area contributed by atoms with Crippen LogP contribution in [0.4, 0.5) is 11.4 Å². The molecule has 150 valence electrons. The highest BCUT2D eigenvalue weighted by atomic mass is 16.5. The molecule has 0 fully saturated rings.